The third kappa shape index (κ3) is 2.03. The number of benzene rings is 1. The van der Waals surface area contributed by atoms with E-state index >= 15 is 0 Å². The van der Waals surface area contributed by atoms with Crippen LogP contribution in [0.15, 0.2) is 24.3 Å². The van der Waals surface area contributed by atoms with E-state index in [0.29, 0.717) is 17.1 Å². The number of aromatic nitrogens is 1. The van der Waals surface area contributed by atoms with Crippen LogP contribution in [0.5, 0.6) is 11.5 Å². The molecule has 0 bridgehead atoms. The number of hydrogen-bond donors (Lipinski definition) is 1. The van der Waals surface area contributed by atoms with E-state index in [1.165, 1.54) is 0 Å². The van der Waals surface area contributed by atoms with E-state index in [4.69, 9.17) is 14.7 Å². The largest absolute Gasteiger partial charge is 0.493 e. The normalized spacial score (nSPS) is 9.89. The number of hydrogen-bond acceptors (Lipinski definition) is 3. The summed E-state index contributed by atoms with van der Waals surface area (Å²) in [6.45, 7) is 1.88. The number of aromatic amines is 1. The molecule has 0 aliphatic carbocycles. The number of rotatable bonds is 3. The zero-order valence-electron chi connectivity index (χ0n) is 10.6. The molecule has 4 nitrogen and oxygen atoms in total. The summed E-state index contributed by atoms with van der Waals surface area (Å²) in [6, 6.07) is 9.63. The molecule has 1 N–H and O–H groups in total. The Morgan fingerprint density at radius 2 is 1.83 bits per heavy atom. The van der Waals surface area contributed by atoms with E-state index in [-0.39, 0.29) is 0 Å². The molecule has 2 aromatic rings. The van der Waals surface area contributed by atoms with Crippen LogP contribution in [0.1, 0.15) is 11.3 Å². The highest BCUT2D eigenvalue weighted by atomic mass is 16.5. The third-order valence-corrected chi connectivity index (χ3v) is 2.83. The number of nitriles is 1. The minimum absolute atomic E-state index is 0.653. The van der Waals surface area contributed by atoms with E-state index < -0.39 is 0 Å². The first kappa shape index (κ1) is 12.1. The molecule has 18 heavy (non-hydrogen) atoms. The van der Waals surface area contributed by atoms with Crippen LogP contribution in [-0.2, 0) is 0 Å². The van der Waals surface area contributed by atoms with Gasteiger partial charge in [-0.05, 0) is 31.2 Å². The van der Waals surface area contributed by atoms with Crippen molar-refractivity contribution >= 4 is 0 Å². The Morgan fingerprint density at radius 3 is 2.39 bits per heavy atom. The molecular weight excluding hydrogens is 228 g/mol. The molecule has 1 aromatic heterocycles. The lowest BCUT2D eigenvalue weighted by molar-refractivity contribution is 0.355. The second-order valence-electron chi connectivity index (χ2n) is 3.90. The average Bonchev–Trinajstić information content (AvgIpc) is 2.79. The van der Waals surface area contributed by atoms with Crippen molar-refractivity contribution in [3.8, 4) is 28.8 Å². The first-order valence-corrected chi connectivity index (χ1v) is 5.51. The van der Waals surface area contributed by atoms with Crippen LogP contribution in [0.2, 0.25) is 0 Å². The Kier molecular flexibility index (Phi) is 3.24. The van der Waals surface area contributed by atoms with Crippen LogP contribution >= 0.6 is 0 Å². The van der Waals surface area contributed by atoms with Crippen LogP contribution < -0.4 is 9.47 Å². The molecule has 0 radical (unpaired) electrons. The van der Waals surface area contributed by atoms with Crippen LogP contribution in [0.4, 0.5) is 0 Å². The first-order valence-electron chi connectivity index (χ1n) is 5.51. The average molecular weight is 242 g/mol. The molecule has 0 amide bonds. The predicted molar refractivity (Wildman–Crippen MR) is 68.8 cm³/mol. The van der Waals surface area contributed by atoms with Gasteiger partial charge in [0, 0.05) is 17.0 Å². The molecule has 0 fully saturated rings. The number of nitrogens with zero attached hydrogens (tertiary/aromatic N) is 1. The maximum Gasteiger partial charge on any atom is 0.161 e. The quantitative estimate of drug-likeness (QED) is 0.900. The lowest BCUT2D eigenvalue weighted by atomic mass is 10.1. The van der Waals surface area contributed by atoms with Gasteiger partial charge in [-0.15, -0.1) is 0 Å². The molecule has 2 rings (SSSR count). The molecular formula is C14H14N2O2. The molecule has 0 saturated heterocycles. The van der Waals surface area contributed by atoms with E-state index in [1.54, 1.807) is 14.2 Å². The van der Waals surface area contributed by atoms with Crippen molar-refractivity contribution in [3.63, 3.8) is 0 Å². The fourth-order valence-corrected chi connectivity index (χ4v) is 1.83. The van der Waals surface area contributed by atoms with E-state index in [0.717, 1.165) is 17.0 Å². The zero-order valence-corrected chi connectivity index (χ0v) is 10.6. The number of nitrogens with one attached hydrogen (secondary N) is 1. The fourth-order valence-electron chi connectivity index (χ4n) is 1.83. The summed E-state index contributed by atoms with van der Waals surface area (Å²) in [6.07, 6.45) is 0. The lowest BCUT2D eigenvalue weighted by Crippen LogP contribution is -1.90. The number of methoxy groups -OCH3 is 2. The third-order valence-electron chi connectivity index (χ3n) is 2.83. The summed E-state index contributed by atoms with van der Waals surface area (Å²) in [5, 5.41) is 8.95. The van der Waals surface area contributed by atoms with E-state index in [9.17, 15) is 0 Å². The Bertz CT molecular complexity index is 609. The summed E-state index contributed by atoms with van der Waals surface area (Å²) in [4.78, 5) is 3.18. The standard InChI is InChI=1S/C14H14N2O2/c1-9-11(8-15)6-12(16-9)10-4-5-13(17-2)14(7-10)18-3/h4-7,16H,1-3H3. The summed E-state index contributed by atoms with van der Waals surface area (Å²) < 4.78 is 10.4. The Labute approximate surface area is 106 Å². The smallest absolute Gasteiger partial charge is 0.161 e. The lowest BCUT2D eigenvalue weighted by Gasteiger charge is -2.08. The predicted octanol–water partition coefficient (Wildman–Crippen LogP) is 2.88. The van der Waals surface area contributed by atoms with Gasteiger partial charge in [-0.3, -0.25) is 0 Å². The minimum atomic E-state index is 0.653. The van der Waals surface area contributed by atoms with Gasteiger partial charge in [0.25, 0.3) is 0 Å². The van der Waals surface area contributed by atoms with E-state index in [1.807, 2.05) is 31.2 Å². The van der Waals surface area contributed by atoms with Crippen molar-refractivity contribution in [1.82, 2.24) is 4.98 Å². The van der Waals surface area contributed by atoms with Gasteiger partial charge in [0.1, 0.15) is 6.07 Å². The molecule has 0 spiro atoms. The molecule has 1 heterocycles. The van der Waals surface area contributed by atoms with Gasteiger partial charge in [-0.2, -0.15) is 5.26 Å². The maximum atomic E-state index is 8.95. The first-order chi connectivity index (χ1) is 8.69. The van der Waals surface area contributed by atoms with Crippen molar-refractivity contribution in [3.05, 3.63) is 35.5 Å². The maximum absolute atomic E-state index is 8.95. The Morgan fingerprint density at radius 1 is 1.11 bits per heavy atom. The molecule has 0 aliphatic rings. The van der Waals surface area contributed by atoms with E-state index in [2.05, 4.69) is 11.1 Å². The number of ether oxygens (including phenoxy) is 2. The SMILES string of the molecule is COc1ccc(-c2cc(C#N)c(C)[nH]2)cc1OC. The summed E-state index contributed by atoms with van der Waals surface area (Å²) in [5.74, 6) is 1.35. The molecule has 1 aromatic carbocycles. The Balaban J connectivity index is 2.48. The molecule has 0 aliphatic heterocycles. The molecule has 0 atom stereocenters. The van der Waals surface area contributed by atoms with Crippen molar-refractivity contribution < 1.29 is 9.47 Å². The summed E-state index contributed by atoms with van der Waals surface area (Å²) in [5.41, 5.74) is 3.37. The van der Waals surface area contributed by atoms with Gasteiger partial charge < -0.3 is 14.5 Å². The minimum Gasteiger partial charge on any atom is -0.493 e. The Hall–Kier alpha value is -2.41. The highest BCUT2D eigenvalue weighted by Crippen LogP contribution is 2.32. The van der Waals surface area contributed by atoms with Gasteiger partial charge in [-0.1, -0.05) is 0 Å². The number of H-pyrrole nitrogens is 1. The second kappa shape index (κ2) is 4.84. The molecule has 0 unspecified atom stereocenters. The van der Waals surface area contributed by atoms with Gasteiger partial charge in [0.05, 0.1) is 19.8 Å². The summed E-state index contributed by atoms with van der Waals surface area (Å²) >= 11 is 0. The van der Waals surface area contributed by atoms with Crippen molar-refractivity contribution in [1.29, 1.82) is 5.26 Å². The van der Waals surface area contributed by atoms with Gasteiger partial charge in [0.2, 0.25) is 0 Å². The van der Waals surface area contributed by atoms with Crippen LogP contribution in [0.25, 0.3) is 11.3 Å². The molecule has 0 saturated carbocycles. The number of aryl methyl sites for hydroxylation is 1. The zero-order chi connectivity index (χ0) is 13.1. The van der Waals surface area contributed by atoms with Crippen molar-refractivity contribution in [2.75, 3.05) is 14.2 Å². The van der Waals surface area contributed by atoms with Crippen LogP contribution in [0, 0.1) is 18.3 Å². The second-order valence-corrected chi connectivity index (χ2v) is 3.90. The molecule has 4 heteroatoms. The fraction of sp³-hybridized carbons (Fsp3) is 0.214. The monoisotopic (exact) mass is 242 g/mol. The van der Waals surface area contributed by atoms with Crippen molar-refractivity contribution in [2.45, 2.75) is 6.92 Å². The highest BCUT2D eigenvalue weighted by molar-refractivity contribution is 5.66. The van der Waals surface area contributed by atoms with Gasteiger partial charge in [0.15, 0.2) is 11.5 Å². The van der Waals surface area contributed by atoms with Crippen molar-refractivity contribution in [2.24, 2.45) is 0 Å². The molecule has 92 valence electrons. The van der Waals surface area contributed by atoms with Gasteiger partial charge >= 0.3 is 0 Å². The topological polar surface area (TPSA) is 58.0 Å². The van der Waals surface area contributed by atoms with Crippen LogP contribution in [0.3, 0.4) is 0 Å². The summed E-state index contributed by atoms with van der Waals surface area (Å²) in [7, 11) is 3.20. The highest BCUT2D eigenvalue weighted by Gasteiger charge is 2.09. The van der Waals surface area contributed by atoms with Crippen LogP contribution in [-0.4, -0.2) is 19.2 Å². The van der Waals surface area contributed by atoms with Gasteiger partial charge in [-0.25, -0.2) is 0 Å².